The van der Waals surface area contributed by atoms with Crippen molar-refractivity contribution in [2.75, 3.05) is 7.05 Å². The maximum atomic E-state index is 4.77. The van der Waals surface area contributed by atoms with Gasteiger partial charge in [-0.15, -0.1) is 11.3 Å². The highest BCUT2D eigenvalue weighted by atomic mass is 32.1. The van der Waals surface area contributed by atoms with E-state index in [4.69, 9.17) is 4.98 Å². The highest BCUT2D eigenvalue weighted by Crippen LogP contribution is 2.41. The van der Waals surface area contributed by atoms with E-state index in [1.165, 1.54) is 41.3 Å². The molecule has 1 N–H and O–H groups in total. The van der Waals surface area contributed by atoms with Gasteiger partial charge < -0.3 is 5.32 Å². The van der Waals surface area contributed by atoms with Crippen LogP contribution in [0.1, 0.15) is 48.2 Å². The van der Waals surface area contributed by atoms with Crippen molar-refractivity contribution in [1.29, 1.82) is 0 Å². The molecule has 1 aromatic rings. The summed E-state index contributed by atoms with van der Waals surface area (Å²) >= 11 is 1.87. The Labute approximate surface area is 102 Å². The molecule has 0 amide bonds. The van der Waals surface area contributed by atoms with Gasteiger partial charge in [0.15, 0.2) is 0 Å². The zero-order chi connectivity index (χ0) is 11.8. The van der Waals surface area contributed by atoms with Crippen LogP contribution in [0.5, 0.6) is 0 Å². The lowest BCUT2D eigenvalue weighted by Crippen LogP contribution is -2.43. The molecule has 2 nitrogen and oxygen atoms in total. The maximum absolute atomic E-state index is 4.77. The highest BCUT2D eigenvalue weighted by Gasteiger charge is 2.37. The Balaban J connectivity index is 2.33. The first kappa shape index (κ1) is 12.1. The summed E-state index contributed by atoms with van der Waals surface area (Å²) in [7, 11) is 2.09. The van der Waals surface area contributed by atoms with E-state index >= 15 is 0 Å². The van der Waals surface area contributed by atoms with Gasteiger partial charge in [-0.2, -0.15) is 0 Å². The van der Waals surface area contributed by atoms with Crippen molar-refractivity contribution in [3.63, 3.8) is 0 Å². The zero-order valence-electron chi connectivity index (χ0n) is 10.8. The molecule has 1 heterocycles. The van der Waals surface area contributed by atoms with E-state index in [9.17, 15) is 0 Å². The van der Waals surface area contributed by atoms with Gasteiger partial charge in [-0.25, -0.2) is 4.98 Å². The summed E-state index contributed by atoms with van der Waals surface area (Å²) in [5.74, 6) is 0.811. The Hall–Kier alpha value is -0.410. The molecular weight excluding hydrogens is 216 g/mol. The van der Waals surface area contributed by atoms with Crippen molar-refractivity contribution in [2.45, 2.75) is 52.0 Å². The third kappa shape index (κ3) is 2.03. The quantitative estimate of drug-likeness (QED) is 0.854. The Kier molecular flexibility index (Phi) is 3.36. The minimum absolute atomic E-state index is 0.154. The van der Waals surface area contributed by atoms with Gasteiger partial charge in [-0.1, -0.05) is 19.8 Å². The molecular formula is C13H22N2S. The standard InChI is InChI=1S/C13H22N2S/c1-9-6-5-7-13(8-9,14-4)12-15-10(2)11(3)16-12/h9,14H,5-8H2,1-4H3. The molecule has 2 atom stereocenters. The number of aromatic nitrogens is 1. The largest absolute Gasteiger partial charge is 0.308 e. The molecule has 0 spiro atoms. The van der Waals surface area contributed by atoms with E-state index in [1.807, 2.05) is 11.3 Å². The predicted octanol–water partition coefficient (Wildman–Crippen LogP) is 3.38. The van der Waals surface area contributed by atoms with Crippen LogP contribution in [0.25, 0.3) is 0 Å². The Morgan fingerprint density at radius 2 is 2.19 bits per heavy atom. The molecule has 0 radical (unpaired) electrons. The monoisotopic (exact) mass is 238 g/mol. The summed E-state index contributed by atoms with van der Waals surface area (Å²) in [6.45, 7) is 6.65. The molecule has 1 aliphatic carbocycles. The van der Waals surface area contributed by atoms with Crippen LogP contribution in [0.3, 0.4) is 0 Å². The minimum Gasteiger partial charge on any atom is -0.308 e. The first-order chi connectivity index (χ1) is 7.57. The fourth-order valence-corrected chi connectivity index (χ4v) is 3.91. The molecule has 0 aliphatic heterocycles. The molecule has 2 unspecified atom stereocenters. The number of hydrogen-bond acceptors (Lipinski definition) is 3. The fourth-order valence-electron chi connectivity index (χ4n) is 2.76. The number of nitrogens with one attached hydrogen (secondary N) is 1. The van der Waals surface area contributed by atoms with Crippen molar-refractivity contribution in [1.82, 2.24) is 10.3 Å². The Morgan fingerprint density at radius 1 is 1.44 bits per heavy atom. The summed E-state index contributed by atoms with van der Waals surface area (Å²) in [5, 5.41) is 4.85. The molecule has 1 aromatic heterocycles. The lowest BCUT2D eigenvalue weighted by molar-refractivity contribution is 0.199. The van der Waals surface area contributed by atoms with E-state index < -0.39 is 0 Å². The van der Waals surface area contributed by atoms with E-state index in [0.29, 0.717) is 0 Å². The summed E-state index contributed by atoms with van der Waals surface area (Å²) in [4.78, 5) is 6.13. The molecule has 2 rings (SSSR count). The average Bonchev–Trinajstić information content (AvgIpc) is 2.59. The van der Waals surface area contributed by atoms with Crippen molar-refractivity contribution in [2.24, 2.45) is 5.92 Å². The van der Waals surface area contributed by atoms with Gasteiger partial charge >= 0.3 is 0 Å². The highest BCUT2D eigenvalue weighted by molar-refractivity contribution is 7.11. The molecule has 0 saturated heterocycles. The molecule has 3 heteroatoms. The summed E-state index contributed by atoms with van der Waals surface area (Å²) < 4.78 is 0. The molecule has 0 bridgehead atoms. The van der Waals surface area contributed by atoms with Gasteiger partial charge in [-0.3, -0.25) is 0 Å². The number of aryl methyl sites for hydroxylation is 2. The SMILES string of the molecule is CNC1(c2nc(C)c(C)s2)CCCC(C)C1. The topological polar surface area (TPSA) is 24.9 Å². The molecule has 1 fully saturated rings. The molecule has 90 valence electrons. The van der Waals surface area contributed by atoms with Gasteiger partial charge in [-0.05, 0) is 39.7 Å². The molecule has 1 saturated carbocycles. The second kappa shape index (κ2) is 4.46. The van der Waals surface area contributed by atoms with Crippen LogP contribution in [0.4, 0.5) is 0 Å². The van der Waals surface area contributed by atoms with Crippen LogP contribution in [0, 0.1) is 19.8 Å². The Morgan fingerprint density at radius 3 is 2.69 bits per heavy atom. The second-order valence-corrected chi connectivity index (χ2v) is 6.40. The zero-order valence-corrected chi connectivity index (χ0v) is 11.6. The van der Waals surface area contributed by atoms with Crippen LogP contribution in [-0.2, 0) is 5.54 Å². The van der Waals surface area contributed by atoms with Crippen molar-refractivity contribution < 1.29 is 0 Å². The fraction of sp³-hybridized carbons (Fsp3) is 0.769. The van der Waals surface area contributed by atoms with Crippen LogP contribution >= 0.6 is 11.3 Å². The lowest BCUT2D eigenvalue weighted by atomic mass is 9.77. The second-order valence-electron chi connectivity index (χ2n) is 5.19. The number of rotatable bonds is 2. The van der Waals surface area contributed by atoms with Gasteiger partial charge in [0.2, 0.25) is 0 Å². The first-order valence-corrected chi connectivity index (χ1v) is 7.02. The average molecular weight is 238 g/mol. The summed E-state index contributed by atoms with van der Waals surface area (Å²) in [5.41, 5.74) is 1.36. The normalized spacial score (nSPS) is 30.6. The number of hydrogen-bond donors (Lipinski definition) is 1. The van der Waals surface area contributed by atoms with E-state index in [1.54, 1.807) is 0 Å². The molecule has 16 heavy (non-hydrogen) atoms. The van der Waals surface area contributed by atoms with Crippen LogP contribution < -0.4 is 5.32 Å². The number of thiazole rings is 1. The van der Waals surface area contributed by atoms with Gasteiger partial charge in [0.05, 0.1) is 11.2 Å². The van der Waals surface area contributed by atoms with Crippen molar-refractivity contribution >= 4 is 11.3 Å². The Bertz CT molecular complexity index is 353. The lowest BCUT2D eigenvalue weighted by Gasteiger charge is -2.38. The minimum atomic E-state index is 0.154. The van der Waals surface area contributed by atoms with Gasteiger partial charge in [0.25, 0.3) is 0 Å². The van der Waals surface area contributed by atoms with Crippen LogP contribution in [-0.4, -0.2) is 12.0 Å². The summed E-state index contributed by atoms with van der Waals surface area (Å²) in [6, 6.07) is 0. The maximum Gasteiger partial charge on any atom is 0.113 e. The van der Waals surface area contributed by atoms with Gasteiger partial charge in [0, 0.05) is 4.88 Å². The van der Waals surface area contributed by atoms with E-state index in [2.05, 4.69) is 33.1 Å². The third-order valence-corrected chi connectivity index (χ3v) is 5.19. The van der Waals surface area contributed by atoms with Crippen LogP contribution in [0.2, 0.25) is 0 Å². The number of nitrogens with zero attached hydrogens (tertiary/aromatic N) is 1. The van der Waals surface area contributed by atoms with Gasteiger partial charge in [0.1, 0.15) is 5.01 Å². The van der Waals surface area contributed by atoms with E-state index in [0.717, 1.165) is 5.92 Å². The van der Waals surface area contributed by atoms with E-state index in [-0.39, 0.29) is 5.54 Å². The summed E-state index contributed by atoms with van der Waals surface area (Å²) in [6.07, 6.45) is 5.16. The smallest absolute Gasteiger partial charge is 0.113 e. The van der Waals surface area contributed by atoms with Crippen LogP contribution in [0.15, 0.2) is 0 Å². The third-order valence-electron chi connectivity index (χ3n) is 3.91. The molecule has 0 aromatic carbocycles. The molecule has 1 aliphatic rings. The van der Waals surface area contributed by atoms with Crippen molar-refractivity contribution in [3.8, 4) is 0 Å². The first-order valence-electron chi connectivity index (χ1n) is 6.21. The predicted molar refractivity (Wildman–Crippen MR) is 70.0 cm³/mol. The van der Waals surface area contributed by atoms with Crippen molar-refractivity contribution in [3.05, 3.63) is 15.6 Å².